The molecule has 0 spiro atoms. The lowest BCUT2D eigenvalue weighted by molar-refractivity contribution is -0.0573. The van der Waals surface area contributed by atoms with Gasteiger partial charge in [-0.05, 0) is 44.9 Å². The second-order valence-electron chi connectivity index (χ2n) is 8.31. The Morgan fingerprint density at radius 2 is 1.97 bits per heavy atom. The zero-order chi connectivity index (χ0) is 21.3. The molecule has 0 radical (unpaired) electrons. The molecule has 0 saturated carbocycles. The summed E-state index contributed by atoms with van der Waals surface area (Å²) in [5.41, 5.74) is 4.27. The van der Waals surface area contributed by atoms with Gasteiger partial charge >= 0.3 is 0 Å². The fourth-order valence-electron chi connectivity index (χ4n) is 3.66. The van der Waals surface area contributed by atoms with Gasteiger partial charge in [0.05, 0.1) is 29.0 Å². The molecule has 2 aromatic heterocycles. The van der Waals surface area contributed by atoms with Gasteiger partial charge in [-0.25, -0.2) is 9.97 Å². The zero-order valence-corrected chi connectivity index (χ0v) is 19.0. The van der Waals surface area contributed by atoms with E-state index in [1.807, 2.05) is 37.3 Å². The summed E-state index contributed by atoms with van der Waals surface area (Å²) in [6.45, 7) is 8.95. The Bertz CT molecular complexity index is 1120. The van der Waals surface area contributed by atoms with Gasteiger partial charge in [0.2, 0.25) is 0 Å². The highest BCUT2D eigenvalue weighted by Gasteiger charge is 2.31. The summed E-state index contributed by atoms with van der Waals surface area (Å²) in [5, 5.41) is 1.26. The number of benzene rings is 1. The van der Waals surface area contributed by atoms with Crippen LogP contribution in [0, 0.1) is 6.92 Å². The highest BCUT2D eigenvalue weighted by atomic mass is 32.2. The van der Waals surface area contributed by atoms with Crippen LogP contribution in [0.15, 0.2) is 40.3 Å². The van der Waals surface area contributed by atoms with Crippen LogP contribution in [0.3, 0.4) is 0 Å². The number of nitrogens with zero attached hydrogens (tertiary/aromatic N) is 3. The summed E-state index contributed by atoms with van der Waals surface area (Å²) in [5.74, 6) is 0.924. The summed E-state index contributed by atoms with van der Waals surface area (Å²) in [7, 11) is 0. The first-order valence-electron chi connectivity index (χ1n) is 10.7. The average Bonchev–Trinajstić information content (AvgIpc) is 2.74. The highest BCUT2D eigenvalue weighted by Crippen LogP contribution is 2.31. The maximum atomic E-state index is 13.6. The van der Waals surface area contributed by atoms with E-state index in [-0.39, 0.29) is 11.2 Å². The molecule has 1 aliphatic heterocycles. The minimum absolute atomic E-state index is 0.0676. The molecule has 0 bridgehead atoms. The lowest BCUT2D eigenvalue weighted by atomic mass is 9.91. The van der Waals surface area contributed by atoms with Crippen LogP contribution in [0.1, 0.15) is 56.9 Å². The molecule has 1 atom stereocenters. The minimum atomic E-state index is -0.205. The summed E-state index contributed by atoms with van der Waals surface area (Å²) in [6, 6.07) is 9.95. The number of aromatic nitrogens is 3. The van der Waals surface area contributed by atoms with Crippen molar-refractivity contribution in [2.24, 2.45) is 0 Å². The molecule has 3 heterocycles. The predicted molar refractivity (Wildman–Crippen MR) is 123 cm³/mol. The number of fused-ring (bicyclic) bond motifs is 2. The van der Waals surface area contributed by atoms with Gasteiger partial charge in [0.15, 0.2) is 10.8 Å². The summed E-state index contributed by atoms with van der Waals surface area (Å²) >= 11 is 1.63. The van der Waals surface area contributed by atoms with Gasteiger partial charge in [0.1, 0.15) is 0 Å². The van der Waals surface area contributed by atoms with E-state index in [9.17, 15) is 4.79 Å². The number of hydrogen-bond donors (Lipinski definition) is 0. The van der Waals surface area contributed by atoms with Crippen LogP contribution in [0.5, 0.6) is 0 Å². The first-order valence-corrected chi connectivity index (χ1v) is 11.7. The van der Waals surface area contributed by atoms with Crippen molar-refractivity contribution in [1.29, 1.82) is 0 Å². The summed E-state index contributed by atoms with van der Waals surface area (Å²) in [6.07, 6.45) is 3.86. The fourth-order valence-corrected chi connectivity index (χ4v) is 4.74. The molecular formula is C24H29N3O2S. The molecule has 6 heteroatoms. The SMILES string of the molecule is CCCCSc1nc2nc3c(cc2c(=O)n1-c1ccc(C)cc1)CO[C@](C)(CC)C3. The van der Waals surface area contributed by atoms with Crippen LogP contribution in [0.4, 0.5) is 0 Å². The molecule has 0 fully saturated rings. The van der Waals surface area contributed by atoms with Crippen molar-refractivity contribution in [2.45, 2.75) is 70.7 Å². The van der Waals surface area contributed by atoms with Crippen LogP contribution < -0.4 is 5.56 Å². The number of aryl methyl sites for hydroxylation is 1. The van der Waals surface area contributed by atoms with E-state index in [0.717, 1.165) is 53.9 Å². The summed E-state index contributed by atoms with van der Waals surface area (Å²) < 4.78 is 7.81. The number of thioether (sulfide) groups is 1. The molecule has 1 aromatic carbocycles. The largest absolute Gasteiger partial charge is 0.370 e. The van der Waals surface area contributed by atoms with E-state index < -0.39 is 0 Å². The van der Waals surface area contributed by atoms with Crippen molar-refractivity contribution in [3.05, 3.63) is 57.5 Å². The maximum absolute atomic E-state index is 13.6. The van der Waals surface area contributed by atoms with Crippen LogP contribution in [0.2, 0.25) is 0 Å². The number of hydrogen-bond acceptors (Lipinski definition) is 5. The molecular weight excluding hydrogens is 394 g/mol. The second kappa shape index (κ2) is 8.52. The molecule has 0 amide bonds. The van der Waals surface area contributed by atoms with Gasteiger partial charge in [0.25, 0.3) is 5.56 Å². The van der Waals surface area contributed by atoms with Crippen molar-refractivity contribution >= 4 is 22.8 Å². The minimum Gasteiger partial charge on any atom is -0.370 e. The van der Waals surface area contributed by atoms with Crippen LogP contribution in [0.25, 0.3) is 16.7 Å². The quantitative estimate of drug-likeness (QED) is 0.309. The van der Waals surface area contributed by atoms with E-state index in [0.29, 0.717) is 22.8 Å². The van der Waals surface area contributed by atoms with Gasteiger partial charge < -0.3 is 4.74 Å². The first-order chi connectivity index (χ1) is 14.4. The molecule has 0 saturated heterocycles. The monoisotopic (exact) mass is 423 g/mol. The van der Waals surface area contributed by atoms with Crippen LogP contribution in [-0.4, -0.2) is 25.9 Å². The zero-order valence-electron chi connectivity index (χ0n) is 18.2. The normalized spacial score (nSPS) is 18.5. The van der Waals surface area contributed by atoms with Crippen LogP contribution >= 0.6 is 11.8 Å². The Balaban J connectivity index is 1.88. The van der Waals surface area contributed by atoms with Crippen molar-refractivity contribution < 1.29 is 4.74 Å². The van der Waals surface area contributed by atoms with E-state index in [2.05, 4.69) is 20.8 Å². The van der Waals surface area contributed by atoms with E-state index >= 15 is 0 Å². The molecule has 4 rings (SSSR count). The van der Waals surface area contributed by atoms with E-state index in [4.69, 9.17) is 14.7 Å². The molecule has 158 valence electrons. The Kier molecular flexibility index (Phi) is 5.98. The lowest BCUT2D eigenvalue weighted by Gasteiger charge is -2.33. The first kappa shape index (κ1) is 21.1. The molecule has 30 heavy (non-hydrogen) atoms. The second-order valence-corrected chi connectivity index (χ2v) is 9.37. The Labute approximate surface area is 181 Å². The fraction of sp³-hybridized carbons (Fsp3) is 0.458. The Hall–Kier alpha value is -2.18. The number of rotatable bonds is 6. The molecule has 1 aliphatic rings. The lowest BCUT2D eigenvalue weighted by Crippen LogP contribution is -2.35. The maximum Gasteiger partial charge on any atom is 0.268 e. The Morgan fingerprint density at radius 1 is 1.20 bits per heavy atom. The van der Waals surface area contributed by atoms with Crippen LogP contribution in [-0.2, 0) is 17.8 Å². The molecule has 5 nitrogen and oxygen atoms in total. The highest BCUT2D eigenvalue weighted by molar-refractivity contribution is 7.99. The van der Waals surface area contributed by atoms with Gasteiger partial charge in [-0.2, -0.15) is 0 Å². The van der Waals surface area contributed by atoms with Gasteiger partial charge in [-0.1, -0.05) is 49.7 Å². The van der Waals surface area contributed by atoms with Gasteiger partial charge in [-0.15, -0.1) is 0 Å². The average molecular weight is 424 g/mol. The third-order valence-electron chi connectivity index (χ3n) is 5.88. The van der Waals surface area contributed by atoms with Crippen molar-refractivity contribution in [3.63, 3.8) is 0 Å². The van der Waals surface area contributed by atoms with E-state index in [1.165, 1.54) is 0 Å². The third kappa shape index (κ3) is 4.03. The molecule has 3 aromatic rings. The Morgan fingerprint density at radius 3 is 2.67 bits per heavy atom. The van der Waals surface area contributed by atoms with Crippen molar-refractivity contribution in [3.8, 4) is 5.69 Å². The summed E-state index contributed by atoms with van der Waals surface area (Å²) in [4.78, 5) is 23.3. The van der Waals surface area contributed by atoms with E-state index in [1.54, 1.807) is 16.3 Å². The number of unbranched alkanes of at least 4 members (excludes halogenated alkanes) is 1. The number of ether oxygens (including phenoxy) is 1. The molecule has 0 unspecified atom stereocenters. The number of pyridine rings is 1. The smallest absolute Gasteiger partial charge is 0.268 e. The van der Waals surface area contributed by atoms with Crippen molar-refractivity contribution in [1.82, 2.24) is 14.5 Å². The van der Waals surface area contributed by atoms with Gasteiger partial charge in [0, 0.05) is 17.7 Å². The molecule has 0 N–H and O–H groups in total. The predicted octanol–water partition coefficient (Wildman–Crippen LogP) is 5.22. The topological polar surface area (TPSA) is 57.0 Å². The standard InChI is InChI=1S/C24H29N3O2S/c1-5-7-12-30-23-26-21-19(22(28)27(23)18-10-8-16(3)9-11-18)13-17-15-29-24(4,6-2)14-20(17)25-21/h8-11,13H,5-7,12,14-15H2,1-4H3/t24-/m1/s1. The van der Waals surface area contributed by atoms with Gasteiger partial charge in [-0.3, -0.25) is 9.36 Å². The van der Waals surface area contributed by atoms with Crippen molar-refractivity contribution in [2.75, 3.05) is 5.75 Å². The molecule has 0 aliphatic carbocycles. The third-order valence-corrected chi connectivity index (χ3v) is 6.91.